The van der Waals surface area contributed by atoms with Crippen molar-refractivity contribution in [2.45, 2.75) is 214 Å². The molecule has 2 atom stereocenters. The minimum Gasteiger partial charge on any atom is -0.481 e. The van der Waals surface area contributed by atoms with Crippen LogP contribution in [0.5, 0.6) is 0 Å². The zero-order valence-corrected chi connectivity index (χ0v) is 27.9. The second kappa shape index (κ2) is 34.1. The number of carbonyl (C=O) groups excluding carboxylic acids is 1. The van der Waals surface area contributed by atoms with E-state index in [1.807, 2.05) is 6.92 Å². The Hall–Kier alpha value is -1.06. The van der Waals surface area contributed by atoms with Crippen molar-refractivity contribution in [3.63, 3.8) is 0 Å². The van der Waals surface area contributed by atoms with Gasteiger partial charge in [-0.25, -0.2) is 0 Å². The molecule has 1 N–H and O–H groups in total. The van der Waals surface area contributed by atoms with Crippen LogP contribution in [0.3, 0.4) is 0 Å². The molecular weight excluding hydrogens is 496 g/mol. The molecule has 240 valence electrons. The van der Waals surface area contributed by atoms with Gasteiger partial charge in [-0.3, -0.25) is 9.59 Å². The van der Waals surface area contributed by atoms with Gasteiger partial charge in [0.25, 0.3) is 0 Å². The third-order valence-electron chi connectivity index (χ3n) is 7.94. The van der Waals surface area contributed by atoms with Crippen LogP contribution >= 0.6 is 0 Å². The molecule has 0 heterocycles. The molecule has 4 heteroatoms. The van der Waals surface area contributed by atoms with E-state index >= 15 is 0 Å². The lowest BCUT2D eigenvalue weighted by molar-refractivity contribution is -0.148. The van der Waals surface area contributed by atoms with Gasteiger partial charge in [-0.15, -0.1) is 0 Å². The Bertz CT molecular complexity index is 519. The first kappa shape index (κ1) is 41.1. The van der Waals surface area contributed by atoms with E-state index in [0.717, 1.165) is 38.5 Å². The molecule has 0 spiro atoms. The molecule has 0 radical (unpaired) electrons. The molecule has 0 aromatic carbocycles. The van der Waals surface area contributed by atoms with Gasteiger partial charge in [-0.1, -0.05) is 163 Å². The van der Waals surface area contributed by atoms with Crippen molar-refractivity contribution in [3.05, 3.63) is 0 Å². The van der Waals surface area contributed by atoms with Crippen molar-refractivity contribution in [3.8, 4) is 0 Å². The Balaban J connectivity index is 0. The maximum absolute atomic E-state index is 11.7. The molecule has 0 saturated heterocycles. The summed E-state index contributed by atoms with van der Waals surface area (Å²) in [4.78, 5) is 22.9. The molecule has 0 bridgehead atoms. The number of unbranched alkanes of at least 4 members (excludes halogenated alkanes) is 19. The van der Waals surface area contributed by atoms with Gasteiger partial charge in [-0.2, -0.15) is 0 Å². The largest absolute Gasteiger partial charge is 0.481 e. The first-order chi connectivity index (χ1) is 19.4. The average molecular weight is 569 g/mol. The highest BCUT2D eigenvalue weighted by atomic mass is 16.5. The summed E-state index contributed by atoms with van der Waals surface area (Å²) < 4.78 is 5.44. The zero-order valence-electron chi connectivity index (χ0n) is 27.9. The summed E-state index contributed by atoms with van der Waals surface area (Å²) in [5.74, 6) is -0.669. The average Bonchev–Trinajstić information content (AvgIpc) is 2.93. The van der Waals surface area contributed by atoms with Gasteiger partial charge in [0.2, 0.25) is 0 Å². The van der Waals surface area contributed by atoms with E-state index < -0.39 is 5.97 Å². The maximum Gasteiger partial charge on any atom is 0.306 e. The first-order valence-electron chi connectivity index (χ1n) is 17.8. The summed E-state index contributed by atoms with van der Waals surface area (Å²) in [6, 6.07) is 0. The predicted molar refractivity (Wildman–Crippen MR) is 174 cm³/mol. The lowest BCUT2D eigenvalue weighted by atomic mass is 9.94. The predicted octanol–water partition coefficient (Wildman–Crippen LogP) is 12.2. The molecular formula is C36H72O4. The number of carbonyl (C=O) groups is 2. The van der Waals surface area contributed by atoms with Crippen LogP contribution in [0.1, 0.15) is 208 Å². The highest BCUT2D eigenvalue weighted by molar-refractivity contribution is 5.70. The highest BCUT2D eigenvalue weighted by Crippen LogP contribution is 2.19. The number of hydrogen-bond acceptors (Lipinski definition) is 3. The van der Waals surface area contributed by atoms with Gasteiger partial charge in [-0.05, 0) is 39.0 Å². The van der Waals surface area contributed by atoms with E-state index in [4.69, 9.17) is 4.74 Å². The molecule has 40 heavy (non-hydrogen) atoms. The normalized spacial score (nSPS) is 12.4. The molecule has 0 aromatic heterocycles. The molecule has 2 unspecified atom stereocenters. The van der Waals surface area contributed by atoms with Crippen LogP contribution in [0.4, 0.5) is 0 Å². The molecule has 0 aliphatic heterocycles. The van der Waals surface area contributed by atoms with Crippen molar-refractivity contribution >= 4 is 11.9 Å². The van der Waals surface area contributed by atoms with Crippen molar-refractivity contribution in [1.82, 2.24) is 0 Å². The summed E-state index contributed by atoms with van der Waals surface area (Å²) in [5.41, 5.74) is 0. The van der Waals surface area contributed by atoms with Gasteiger partial charge in [0, 0.05) is 6.42 Å². The van der Waals surface area contributed by atoms with Gasteiger partial charge in [0.1, 0.15) is 0 Å². The van der Waals surface area contributed by atoms with Crippen molar-refractivity contribution in [2.24, 2.45) is 5.92 Å². The molecule has 0 fully saturated rings. The Kier molecular flexibility index (Phi) is 35.1. The summed E-state index contributed by atoms with van der Waals surface area (Å²) in [6.07, 6.45) is 32.2. The Morgan fingerprint density at radius 3 is 1.23 bits per heavy atom. The second-order valence-corrected chi connectivity index (χ2v) is 12.2. The van der Waals surface area contributed by atoms with Crippen molar-refractivity contribution < 1.29 is 19.4 Å². The highest BCUT2D eigenvalue weighted by Gasteiger charge is 2.16. The minimum atomic E-state index is -0.579. The van der Waals surface area contributed by atoms with Gasteiger partial charge < -0.3 is 9.84 Å². The third kappa shape index (κ3) is 33.1. The van der Waals surface area contributed by atoms with Gasteiger partial charge in [0.05, 0.1) is 12.0 Å². The van der Waals surface area contributed by atoms with E-state index in [9.17, 15) is 14.7 Å². The molecule has 0 aliphatic carbocycles. The summed E-state index contributed by atoms with van der Waals surface area (Å²) >= 11 is 0. The van der Waals surface area contributed by atoms with Crippen molar-refractivity contribution in [1.29, 1.82) is 0 Å². The van der Waals surface area contributed by atoms with Crippen LogP contribution < -0.4 is 0 Å². The fourth-order valence-corrected chi connectivity index (χ4v) is 5.16. The fourth-order valence-electron chi connectivity index (χ4n) is 5.16. The monoisotopic (exact) mass is 569 g/mol. The quantitative estimate of drug-likeness (QED) is 0.0720. The third-order valence-corrected chi connectivity index (χ3v) is 7.94. The maximum atomic E-state index is 11.7. The Morgan fingerprint density at radius 1 is 0.500 bits per heavy atom. The second-order valence-electron chi connectivity index (χ2n) is 12.2. The number of carboxylic acids is 1. The van der Waals surface area contributed by atoms with E-state index in [1.54, 1.807) is 0 Å². The standard InChI is InChI=1S/2C18H36O2/c1-4-6-8-10-11-12-14-16-18(19)20-17(3)15-13-9-7-5-2;1-3-5-7-9-10-11-12-14-16-17(18(19)20)15-13-8-6-4-2/h17H,4-16H2,1-3H3;17H,3-16H2,1-2H3,(H,19,20). The number of aliphatic carboxylic acids is 1. The lowest BCUT2D eigenvalue weighted by Crippen LogP contribution is -2.14. The van der Waals surface area contributed by atoms with Crippen LogP contribution in [0.25, 0.3) is 0 Å². The minimum absolute atomic E-state index is 0.00143. The summed E-state index contributed by atoms with van der Waals surface area (Å²) in [6.45, 7) is 10.9. The van der Waals surface area contributed by atoms with E-state index in [0.29, 0.717) is 6.42 Å². The van der Waals surface area contributed by atoms with Crippen LogP contribution in [0.15, 0.2) is 0 Å². The molecule has 0 amide bonds. The van der Waals surface area contributed by atoms with E-state index in [2.05, 4.69) is 27.7 Å². The molecule has 4 nitrogen and oxygen atoms in total. The number of hydrogen-bond donors (Lipinski definition) is 1. The lowest BCUT2D eigenvalue weighted by Gasteiger charge is -2.13. The fraction of sp³-hybridized carbons (Fsp3) is 0.944. The number of ether oxygens (including phenoxy) is 1. The smallest absolute Gasteiger partial charge is 0.306 e. The Labute approximate surface area is 251 Å². The number of esters is 1. The van der Waals surface area contributed by atoms with Gasteiger partial charge in [0.15, 0.2) is 0 Å². The number of carboxylic acid groups (broad SMARTS) is 1. The van der Waals surface area contributed by atoms with E-state index in [1.165, 1.54) is 128 Å². The first-order valence-corrected chi connectivity index (χ1v) is 17.8. The Morgan fingerprint density at radius 2 is 0.825 bits per heavy atom. The SMILES string of the molecule is CCCCCCCCCC(=O)OC(C)CCCCCC.CCCCCCCCCCC(CCCCCC)C(=O)O. The molecule has 0 aliphatic rings. The molecule has 0 aromatic rings. The molecule has 0 saturated carbocycles. The van der Waals surface area contributed by atoms with Crippen LogP contribution in [-0.4, -0.2) is 23.1 Å². The van der Waals surface area contributed by atoms with Crippen LogP contribution in [0, 0.1) is 5.92 Å². The zero-order chi connectivity index (χ0) is 30.1. The van der Waals surface area contributed by atoms with Crippen LogP contribution in [-0.2, 0) is 14.3 Å². The van der Waals surface area contributed by atoms with Crippen molar-refractivity contribution in [2.75, 3.05) is 0 Å². The topological polar surface area (TPSA) is 63.6 Å². The summed E-state index contributed by atoms with van der Waals surface area (Å²) in [7, 11) is 0. The summed E-state index contributed by atoms with van der Waals surface area (Å²) in [5, 5.41) is 9.23. The molecule has 0 rings (SSSR count). The number of rotatable bonds is 29. The van der Waals surface area contributed by atoms with Crippen LogP contribution in [0.2, 0.25) is 0 Å². The van der Waals surface area contributed by atoms with E-state index in [-0.39, 0.29) is 18.0 Å². The van der Waals surface area contributed by atoms with Gasteiger partial charge >= 0.3 is 11.9 Å².